The lowest BCUT2D eigenvalue weighted by Gasteiger charge is -2.08. The minimum atomic E-state index is -0.934. The summed E-state index contributed by atoms with van der Waals surface area (Å²) in [5.74, 6) is -0.439. The number of rotatable bonds is 5. The molecule has 1 aromatic heterocycles. The Hall–Kier alpha value is -2.10. The fourth-order valence-corrected chi connectivity index (χ4v) is 2.12. The van der Waals surface area contributed by atoms with E-state index in [1.165, 1.54) is 5.56 Å². The number of carbonyl (C=O) groups is 1. The van der Waals surface area contributed by atoms with Gasteiger partial charge in [-0.15, -0.1) is 0 Å². The van der Waals surface area contributed by atoms with Gasteiger partial charge < -0.3 is 5.11 Å². The molecular weight excluding hydrogens is 252 g/mol. The Balaban J connectivity index is 2.25. The normalized spacial score (nSPS) is 11.0. The number of aromatic nitrogens is 2. The molecular formula is C16H20N2O2. The first-order chi connectivity index (χ1) is 9.51. The van der Waals surface area contributed by atoms with Crippen molar-refractivity contribution in [2.45, 2.75) is 39.7 Å². The molecule has 0 unspecified atom stereocenters. The Bertz CT molecular complexity index is 597. The molecule has 1 aromatic carbocycles. The summed E-state index contributed by atoms with van der Waals surface area (Å²) in [6.07, 6.45) is 0.736. The summed E-state index contributed by atoms with van der Waals surface area (Å²) in [5.41, 5.74) is 3.39. The van der Waals surface area contributed by atoms with Crippen LogP contribution in [0.1, 0.15) is 54.0 Å². The Kier molecular flexibility index (Phi) is 4.23. The van der Waals surface area contributed by atoms with E-state index >= 15 is 0 Å². The van der Waals surface area contributed by atoms with Crippen molar-refractivity contribution in [3.63, 3.8) is 0 Å². The molecule has 0 aliphatic rings. The average Bonchev–Trinajstić information content (AvgIpc) is 2.82. The predicted molar refractivity (Wildman–Crippen MR) is 78.2 cm³/mol. The van der Waals surface area contributed by atoms with Crippen LogP contribution >= 0.6 is 0 Å². The molecule has 0 fully saturated rings. The highest BCUT2D eigenvalue weighted by atomic mass is 16.4. The van der Waals surface area contributed by atoms with E-state index in [9.17, 15) is 9.90 Å². The second-order valence-corrected chi connectivity index (χ2v) is 5.23. The van der Waals surface area contributed by atoms with Crippen LogP contribution in [0.4, 0.5) is 0 Å². The molecule has 0 atom stereocenters. The number of aromatic carboxylic acids is 1. The second kappa shape index (κ2) is 5.90. The zero-order valence-corrected chi connectivity index (χ0v) is 12.1. The molecule has 0 spiro atoms. The van der Waals surface area contributed by atoms with Crippen molar-refractivity contribution in [3.05, 3.63) is 52.8 Å². The van der Waals surface area contributed by atoms with Crippen LogP contribution in [-0.2, 0) is 13.0 Å². The van der Waals surface area contributed by atoms with Crippen LogP contribution in [0, 0.1) is 0 Å². The monoisotopic (exact) mass is 272 g/mol. The van der Waals surface area contributed by atoms with Crippen molar-refractivity contribution in [3.8, 4) is 0 Å². The summed E-state index contributed by atoms with van der Waals surface area (Å²) in [7, 11) is 0. The number of carboxylic acids is 1. The van der Waals surface area contributed by atoms with Crippen molar-refractivity contribution in [1.29, 1.82) is 0 Å². The third-order valence-electron chi connectivity index (χ3n) is 3.39. The van der Waals surface area contributed by atoms with Crippen LogP contribution in [0.25, 0.3) is 0 Å². The van der Waals surface area contributed by atoms with Gasteiger partial charge in [-0.1, -0.05) is 45.0 Å². The maximum atomic E-state index is 11.2. The number of hydrogen-bond acceptors (Lipinski definition) is 2. The summed E-state index contributed by atoms with van der Waals surface area (Å²) in [6.45, 7) is 6.76. The number of nitrogens with zero attached hydrogens (tertiary/aromatic N) is 2. The molecule has 4 nitrogen and oxygen atoms in total. The largest absolute Gasteiger partial charge is 0.477 e. The van der Waals surface area contributed by atoms with Crippen LogP contribution in [0.5, 0.6) is 0 Å². The number of benzene rings is 1. The number of carboxylic acid groups (broad SMARTS) is 1. The van der Waals surface area contributed by atoms with Crippen molar-refractivity contribution in [2.75, 3.05) is 0 Å². The van der Waals surface area contributed by atoms with Gasteiger partial charge >= 0.3 is 5.97 Å². The van der Waals surface area contributed by atoms with Crippen molar-refractivity contribution in [2.24, 2.45) is 0 Å². The lowest BCUT2D eigenvalue weighted by molar-refractivity contribution is 0.0684. The lowest BCUT2D eigenvalue weighted by atomic mass is 10.0. The molecule has 0 bridgehead atoms. The second-order valence-electron chi connectivity index (χ2n) is 5.23. The fraction of sp³-hybridized carbons (Fsp3) is 0.375. The molecule has 106 valence electrons. The van der Waals surface area contributed by atoms with Crippen LogP contribution in [0.2, 0.25) is 0 Å². The number of aryl methyl sites for hydroxylation is 1. The summed E-state index contributed by atoms with van der Waals surface area (Å²) in [5, 5.41) is 13.5. The molecule has 0 aliphatic heterocycles. The van der Waals surface area contributed by atoms with E-state index in [1.807, 2.05) is 19.1 Å². The van der Waals surface area contributed by atoms with Crippen molar-refractivity contribution in [1.82, 2.24) is 9.78 Å². The Morgan fingerprint density at radius 1 is 1.30 bits per heavy atom. The van der Waals surface area contributed by atoms with Gasteiger partial charge in [0.1, 0.15) is 5.69 Å². The van der Waals surface area contributed by atoms with Crippen LogP contribution in [0.3, 0.4) is 0 Å². The van der Waals surface area contributed by atoms with E-state index < -0.39 is 5.97 Å². The molecule has 1 heterocycles. The van der Waals surface area contributed by atoms with E-state index in [2.05, 4.69) is 31.1 Å². The first kappa shape index (κ1) is 14.3. The van der Waals surface area contributed by atoms with Crippen molar-refractivity contribution < 1.29 is 9.90 Å². The van der Waals surface area contributed by atoms with Gasteiger partial charge in [-0.3, -0.25) is 4.68 Å². The minimum absolute atomic E-state index is 0.245. The van der Waals surface area contributed by atoms with E-state index in [1.54, 1.807) is 10.7 Å². The Morgan fingerprint density at radius 3 is 2.45 bits per heavy atom. The van der Waals surface area contributed by atoms with Gasteiger partial charge in [-0.25, -0.2) is 4.79 Å². The summed E-state index contributed by atoms with van der Waals surface area (Å²) in [6, 6.07) is 9.89. The SMILES string of the molecule is CCc1cc(C(=O)O)n(Cc2ccc(C(C)C)cc2)n1. The van der Waals surface area contributed by atoms with Gasteiger partial charge in [0, 0.05) is 0 Å². The average molecular weight is 272 g/mol. The maximum Gasteiger partial charge on any atom is 0.354 e. The highest BCUT2D eigenvalue weighted by Gasteiger charge is 2.13. The van der Waals surface area contributed by atoms with Crippen molar-refractivity contribution >= 4 is 5.97 Å². The molecule has 2 aromatic rings. The summed E-state index contributed by atoms with van der Waals surface area (Å²) in [4.78, 5) is 11.2. The van der Waals surface area contributed by atoms with Gasteiger partial charge in [-0.05, 0) is 29.5 Å². The zero-order valence-electron chi connectivity index (χ0n) is 12.1. The molecule has 1 N–H and O–H groups in total. The van der Waals surface area contributed by atoms with E-state index in [0.717, 1.165) is 17.7 Å². The first-order valence-electron chi connectivity index (χ1n) is 6.90. The minimum Gasteiger partial charge on any atom is -0.477 e. The van der Waals surface area contributed by atoms with Gasteiger partial charge in [-0.2, -0.15) is 5.10 Å². The highest BCUT2D eigenvalue weighted by molar-refractivity contribution is 5.85. The molecule has 2 rings (SSSR count). The Morgan fingerprint density at radius 2 is 1.95 bits per heavy atom. The Labute approximate surface area is 119 Å². The van der Waals surface area contributed by atoms with Crippen LogP contribution < -0.4 is 0 Å². The molecule has 0 radical (unpaired) electrons. The fourth-order valence-electron chi connectivity index (χ4n) is 2.12. The number of hydrogen-bond donors (Lipinski definition) is 1. The van der Waals surface area contributed by atoms with Gasteiger partial charge in [0.15, 0.2) is 0 Å². The van der Waals surface area contributed by atoms with Gasteiger partial charge in [0.2, 0.25) is 0 Å². The smallest absolute Gasteiger partial charge is 0.354 e. The maximum absolute atomic E-state index is 11.2. The summed E-state index contributed by atoms with van der Waals surface area (Å²) < 4.78 is 1.56. The third kappa shape index (κ3) is 3.07. The molecule has 0 saturated carbocycles. The molecule has 4 heteroatoms. The molecule has 20 heavy (non-hydrogen) atoms. The summed E-state index contributed by atoms with van der Waals surface area (Å²) >= 11 is 0. The third-order valence-corrected chi connectivity index (χ3v) is 3.39. The van der Waals surface area contributed by atoms with E-state index in [-0.39, 0.29) is 5.69 Å². The molecule has 0 amide bonds. The van der Waals surface area contributed by atoms with Crippen LogP contribution in [0.15, 0.2) is 30.3 Å². The quantitative estimate of drug-likeness (QED) is 0.908. The topological polar surface area (TPSA) is 55.1 Å². The van der Waals surface area contributed by atoms with E-state index in [0.29, 0.717) is 12.5 Å². The first-order valence-corrected chi connectivity index (χ1v) is 6.90. The van der Waals surface area contributed by atoms with Gasteiger partial charge in [0.25, 0.3) is 0 Å². The highest BCUT2D eigenvalue weighted by Crippen LogP contribution is 2.16. The molecule has 0 saturated heterocycles. The van der Waals surface area contributed by atoms with Crippen LogP contribution in [-0.4, -0.2) is 20.9 Å². The van der Waals surface area contributed by atoms with Gasteiger partial charge in [0.05, 0.1) is 12.2 Å². The zero-order chi connectivity index (χ0) is 14.7. The molecule has 0 aliphatic carbocycles. The lowest BCUT2D eigenvalue weighted by Crippen LogP contribution is -2.11. The standard InChI is InChI=1S/C16H20N2O2/c1-4-14-9-15(16(19)20)18(17-14)10-12-5-7-13(8-6-12)11(2)3/h5-9,11H,4,10H2,1-3H3,(H,19,20). The van der Waals surface area contributed by atoms with E-state index in [4.69, 9.17) is 0 Å². The predicted octanol–water partition coefficient (Wildman–Crippen LogP) is 3.32.